The Kier molecular flexibility index (Phi) is 5.12. The van der Waals surface area contributed by atoms with E-state index in [9.17, 15) is 29.7 Å². The lowest BCUT2D eigenvalue weighted by atomic mass is 9.92. The average molecular weight is 338 g/mol. The van der Waals surface area contributed by atoms with Gasteiger partial charge in [-0.3, -0.25) is 4.57 Å². The van der Waals surface area contributed by atoms with Crippen molar-refractivity contribution in [3.63, 3.8) is 0 Å². The van der Waals surface area contributed by atoms with Crippen molar-refractivity contribution in [1.29, 1.82) is 0 Å². The molecule has 2 rings (SSSR count). The predicted octanol–water partition coefficient (Wildman–Crippen LogP) is 2.13. The average Bonchev–Trinajstić information content (AvgIpc) is 2.46. The van der Waals surface area contributed by atoms with E-state index in [1.165, 1.54) is 24.3 Å². The summed E-state index contributed by atoms with van der Waals surface area (Å²) >= 11 is 0. The van der Waals surface area contributed by atoms with Crippen molar-refractivity contribution in [2.75, 3.05) is 0 Å². The van der Waals surface area contributed by atoms with Gasteiger partial charge in [0, 0.05) is 0 Å². The van der Waals surface area contributed by atoms with Crippen molar-refractivity contribution in [2.45, 2.75) is 25.4 Å². The van der Waals surface area contributed by atoms with Crippen LogP contribution in [0.3, 0.4) is 0 Å². The van der Waals surface area contributed by atoms with E-state index in [0.29, 0.717) is 0 Å². The van der Waals surface area contributed by atoms with E-state index in [4.69, 9.17) is 0 Å². The molecule has 0 heterocycles. The van der Waals surface area contributed by atoms with E-state index < -0.39 is 13.7 Å². The number of hydrogen-bond acceptors (Lipinski definition) is 4. The van der Waals surface area contributed by atoms with Gasteiger partial charge in [0.25, 0.3) is 0 Å². The van der Waals surface area contributed by atoms with Gasteiger partial charge in [-0.1, -0.05) is 19.1 Å². The van der Waals surface area contributed by atoms with Crippen molar-refractivity contribution >= 4 is 12.9 Å². The Morgan fingerprint density at radius 1 is 1.00 bits per heavy atom. The fourth-order valence-corrected chi connectivity index (χ4v) is 3.29. The van der Waals surface area contributed by atoms with E-state index in [2.05, 4.69) is 0 Å². The Balaban J connectivity index is 2.26. The lowest BCUT2D eigenvalue weighted by Crippen LogP contribution is -2.16. The van der Waals surface area contributed by atoms with Crippen LogP contribution in [-0.2, 0) is 4.57 Å². The van der Waals surface area contributed by atoms with Gasteiger partial charge in [-0.05, 0) is 53.8 Å². The predicted molar refractivity (Wildman–Crippen MR) is 85.9 cm³/mol. The smallest absolute Gasteiger partial charge is 0.356 e. The molecular weight excluding hydrogens is 319 g/mol. The van der Waals surface area contributed by atoms with Crippen LogP contribution in [0.1, 0.15) is 36.5 Å². The van der Waals surface area contributed by atoms with Crippen LogP contribution in [0, 0.1) is 0 Å². The molecule has 23 heavy (non-hydrogen) atoms. The monoisotopic (exact) mass is 338 g/mol. The van der Waals surface area contributed by atoms with Crippen molar-refractivity contribution in [3.05, 3.63) is 53.6 Å². The zero-order valence-electron chi connectivity index (χ0n) is 12.5. The van der Waals surface area contributed by atoms with Gasteiger partial charge in [0.2, 0.25) is 0 Å². The number of aliphatic hydroxyl groups is 1. The van der Waals surface area contributed by atoms with Crippen LogP contribution in [0.5, 0.6) is 11.5 Å². The van der Waals surface area contributed by atoms with Crippen molar-refractivity contribution in [2.24, 2.45) is 0 Å². The van der Waals surface area contributed by atoms with Crippen LogP contribution in [0.4, 0.5) is 0 Å². The number of benzene rings is 2. The first-order valence-corrected chi connectivity index (χ1v) is 8.65. The van der Waals surface area contributed by atoms with Gasteiger partial charge in [-0.2, -0.15) is 0 Å². The summed E-state index contributed by atoms with van der Waals surface area (Å²) in [5.74, 6) is -0.149. The molecule has 2 aromatic carbocycles. The second-order valence-corrected chi connectivity index (χ2v) is 7.10. The standard InChI is InChI=1S/C16H19O6P/c1-10(11-2-4-12(17)5-3-11)8-15(19)14-9-13(18)6-7-16(14)23(20,21)22/h2-7,9-10,15,17-19H,8H2,1H3,(H2,20,21,22). The molecule has 0 bridgehead atoms. The van der Waals surface area contributed by atoms with E-state index in [1.807, 2.05) is 6.92 Å². The molecule has 2 aromatic rings. The maximum Gasteiger partial charge on any atom is 0.356 e. The highest BCUT2D eigenvalue weighted by molar-refractivity contribution is 7.60. The molecule has 7 heteroatoms. The summed E-state index contributed by atoms with van der Waals surface area (Å²) in [6.07, 6.45) is -0.935. The Bertz CT molecular complexity index is 722. The third kappa shape index (κ3) is 4.33. The summed E-state index contributed by atoms with van der Waals surface area (Å²) in [5, 5.41) is 28.9. The molecule has 0 spiro atoms. The summed E-state index contributed by atoms with van der Waals surface area (Å²) in [6, 6.07) is 9.98. The van der Waals surface area contributed by atoms with Gasteiger partial charge in [0.05, 0.1) is 11.4 Å². The molecule has 0 aromatic heterocycles. The molecule has 5 N–H and O–H groups in total. The second-order valence-electron chi connectivity index (χ2n) is 5.53. The Morgan fingerprint density at radius 3 is 2.13 bits per heavy atom. The third-order valence-corrected chi connectivity index (χ3v) is 4.76. The van der Waals surface area contributed by atoms with E-state index in [1.54, 1.807) is 12.1 Å². The van der Waals surface area contributed by atoms with Gasteiger partial charge < -0.3 is 25.1 Å². The quantitative estimate of drug-likeness (QED) is 0.533. The molecule has 0 aliphatic heterocycles. The maximum absolute atomic E-state index is 11.5. The molecule has 0 aliphatic rings. The number of aliphatic hydroxyl groups excluding tert-OH is 1. The summed E-state index contributed by atoms with van der Waals surface area (Å²) in [5.41, 5.74) is 0.892. The molecule has 0 amide bonds. The molecule has 0 radical (unpaired) electrons. The normalized spacial score (nSPS) is 14.4. The first-order chi connectivity index (χ1) is 10.7. The molecule has 0 fully saturated rings. The first kappa shape index (κ1) is 17.5. The van der Waals surface area contributed by atoms with Crippen LogP contribution in [0.2, 0.25) is 0 Å². The van der Waals surface area contributed by atoms with Gasteiger partial charge >= 0.3 is 7.60 Å². The fraction of sp³-hybridized carbons (Fsp3) is 0.250. The Hall–Kier alpha value is -1.85. The van der Waals surface area contributed by atoms with E-state index >= 15 is 0 Å². The van der Waals surface area contributed by atoms with Crippen molar-refractivity contribution in [3.8, 4) is 11.5 Å². The molecule has 124 valence electrons. The third-order valence-electron chi connectivity index (χ3n) is 3.72. The minimum absolute atomic E-state index is 0.0176. The van der Waals surface area contributed by atoms with Gasteiger partial charge in [0.15, 0.2) is 0 Å². The molecule has 0 saturated carbocycles. The highest BCUT2D eigenvalue weighted by Crippen LogP contribution is 2.39. The van der Waals surface area contributed by atoms with Crippen LogP contribution < -0.4 is 5.30 Å². The molecule has 2 unspecified atom stereocenters. The number of phenols is 2. The molecule has 0 aliphatic carbocycles. The number of phenolic OH excluding ortho intramolecular Hbond substituents is 2. The second kappa shape index (κ2) is 6.72. The van der Waals surface area contributed by atoms with E-state index in [-0.39, 0.29) is 34.7 Å². The SMILES string of the molecule is CC(CC(O)c1cc(O)ccc1P(=O)(O)O)c1ccc(O)cc1. The van der Waals surface area contributed by atoms with Crippen LogP contribution in [0.15, 0.2) is 42.5 Å². The van der Waals surface area contributed by atoms with Gasteiger partial charge in [-0.15, -0.1) is 0 Å². The van der Waals surface area contributed by atoms with Gasteiger partial charge in [-0.25, -0.2) is 0 Å². The van der Waals surface area contributed by atoms with Crippen LogP contribution >= 0.6 is 7.60 Å². The first-order valence-electron chi connectivity index (χ1n) is 7.04. The summed E-state index contributed by atoms with van der Waals surface area (Å²) in [7, 11) is -4.56. The van der Waals surface area contributed by atoms with E-state index in [0.717, 1.165) is 11.6 Å². The summed E-state index contributed by atoms with van der Waals surface area (Å²) in [6.45, 7) is 1.86. The lowest BCUT2D eigenvalue weighted by molar-refractivity contribution is 0.160. The summed E-state index contributed by atoms with van der Waals surface area (Å²) < 4.78 is 11.5. The summed E-state index contributed by atoms with van der Waals surface area (Å²) in [4.78, 5) is 18.8. The largest absolute Gasteiger partial charge is 0.508 e. The number of aromatic hydroxyl groups is 2. The zero-order valence-corrected chi connectivity index (χ0v) is 13.4. The van der Waals surface area contributed by atoms with Crippen molar-refractivity contribution < 1.29 is 29.7 Å². The zero-order chi connectivity index (χ0) is 17.2. The molecule has 2 atom stereocenters. The molecular formula is C16H19O6P. The topological polar surface area (TPSA) is 118 Å². The minimum Gasteiger partial charge on any atom is -0.508 e. The van der Waals surface area contributed by atoms with Crippen molar-refractivity contribution in [1.82, 2.24) is 0 Å². The van der Waals surface area contributed by atoms with Gasteiger partial charge in [0.1, 0.15) is 11.5 Å². The number of rotatable bonds is 5. The number of hydrogen-bond donors (Lipinski definition) is 5. The molecule has 6 nitrogen and oxygen atoms in total. The maximum atomic E-state index is 11.5. The Labute approximate surface area is 133 Å². The fourth-order valence-electron chi connectivity index (χ4n) is 2.47. The lowest BCUT2D eigenvalue weighted by Gasteiger charge is -2.20. The Morgan fingerprint density at radius 2 is 1.57 bits per heavy atom. The molecule has 0 saturated heterocycles. The van der Waals surface area contributed by atoms with Crippen LogP contribution in [0.25, 0.3) is 0 Å². The van der Waals surface area contributed by atoms with Crippen LogP contribution in [-0.4, -0.2) is 25.1 Å². The highest BCUT2D eigenvalue weighted by Gasteiger charge is 2.26. The minimum atomic E-state index is -4.56. The highest BCUT2D eigenvalue weighted by atomic mass is 31.2.